The topological polar surface area (TPSA) is 54.9 Å². The van der Waals surface area contributed by atoms with Gasteiger partial charge in [0, 0.05) is 37.4 Å². The first-order chi connectivity index (χ1) is 14.9. The third-order valence-electron chi connectivity index (χ3n) is 5.30. The van der Waals surface area contributed by atoms with E-state index in [0.717, 1.165) is 25.1 Å². The van der Waals surface area contributed by atoms with Gasteiger partial charge in [0.05, 0.1) is 6.10 Å². The van der Waals surface area contributed by atoms with Gasteiger partial charge >= 0.3 is 12.6 Å². The lowest BCUT2D eigenvalue weighted by Crippen LogP contribution is -2.37. The number of para-hydroxylation sites is 1. The molecule has 0 radical (unpaired) electrons. The highest BCUT2D eigenvalue weighted by Crippen LogP contribution is 2.28. The Morgan fingerprint density at radius 3 is 2.74 bits per heavy atom. The minimum Gasteiger partial charge on any atom is -0.459 e. The van der Waals surface area contributed by atoms with Crippen molar-refractivity contribution in [1.29, 1.82) is 0 Å². The zero-order chi connectivity index (χ0) is 22.4. The molecule has 0 bridgehead atoms. The van der Waals surface area contributed by atoms with E-state index in [0.29, 0.717) is 24.5 Å². The molecular formula is C23H29F2N3O3. The van der Waals surface area contributed by atoms with Gasteiger partial charge in [-0.25, -0.2) is 9.78 Å². The third-order valence-corrected chi connectivity index (χ3v) is 5.30. The van der Waals surface area contributed by atoms with E-state index in [9.17, 15) is 13.6 Å². The summed E-state index contributed by atoms with van der Waals surface area (Å²) in [6.45, 7) is 5.51. The number of likely N-dealkylation sites (N-methyl/N-ethyl adjacent to an activating group) is 1. The Bertz CT molecular complexity index is 879. The Morgan fingerprint density at radius 2 is 2.03 bits per heavy atom. The van der Waals surface area contributed by atoms with Crippen LogP contribution in [0, 0.1) is 0 Å². The molecule has 0 saturated carbocycles. The summed E-state index contributed by atoms with van der Waals surface area (Å²) in [6, 6.07) is 10.5. The molecular weight excluding hydrogens is 404 g/mol. The molecule has 1 saturated heterocycles. The molecule has 0 amide bonds. The zero-order valence-electron chi connectivity index (χ0n) is 18.1. The van der Waals surface area contributed by atoms with Gasteiger partial charge in [0.2, 0.25) is 0 Å². The average Bonchev–Trinajstić information content (AvgIpc) is 3.22. The maximum Gasteiger partial charge on any atom is 0.387 e. The predicted octanol–water partition coefficient (Wildman–Crippen LogP) is 4.35. The molecule has 6 nitrogen and oxygen atoms in total. The molecule has 0 aliphatic carbocycles. The molecule has 1 atom stereocenters. The van der Waals surface area contributed by atoms with Crippen LogP contribution >= 0.6 is 0 Å². The molecule has 0 spiro atoms. The molecule has 1 aliphatic rings. The molecule has 8 heteroatoms. The third kappa shape index (κ3) is 5.91. The summed E-state index contributed by atoms with van der Waals surface area (Å²) in [5.74, 6) is 0.439. The van der Waals surface area contributed by atoms with Crippen LogP contribution in [-0.4, -0.2) is 54.2 Å². The summed E-state index contributed by atoms with van der Waals surface area (Å²) in [5.41, 5.74) is 1.18. The number of rotatable bonds is 9. The van der Waals surface area contributed by atoms with Crippen LogP contribution in [0.2, 0.25) is 0 Å². The quantitative estimate of drug-likeness (QED) is 0.548. The van der Waals surface area contributed by atoms with Gasteiger partial charge in [-0.3, -0.25) is 4.90 Å². The molecule has 1 aromatic carbocycles. The van der Waals surface area contributed by atoms with Crippen molar-refractivity contribution in [2.45, 2.75) is 52.5 Å². The molecule has 168 valence electrons. The Hall–Kier alpha value is -2.74. The SMILES string of the molecule is CCN(Cc1ccccc1OC(F)F)[C@@H]1CCN(c2ncccc2C(=O)OC(C)C)C1. The number of carbonyl (C=O) groups excluding carboxylic acids is 1. The number of hydrogen-bond acceptors (Lipinski definition) is 6. The van der Waals surface area contributed by atoms with E-state index in [4.69, 9.17) is 4.74 Å². The number of benzene rings is 1. The molecule has 1 aliphatic heterocycles. The van der Waals surface area contributed by atoms with Crippen LogP contribution < -0.4 is 9.64 Å². The molecule has 31 heavy (non-hydrogen) atoms. The molecule has 1 aromatic heterocycles. The van der Waals surface area contributed by atoms with Gasteiger partial charge in [-0.1, -0.05) is 25.1 Å². The predicted molar refractivity (Wildman–Crippen MR) is 115 cm³/mol. The second-order valence-corrected chi connectivity index (χ2v) is 7.77. The van der Waals surface area contributed by atoms with Crippen molar-refractivity contribution in [2.24, 2.45) is 0 Å². The lowest BCUT2D eigenvalue weighted by Gasteiger charge is -2.29. The van der Waals surface area contributed by atoms with E-state index in [2.05, 4.69) is 19.5 Å². The number of esters is 1. The van der Waals surface area contributed by atoms with Crippen molar-refractivity contribution in [1.82, 2.24) is 9.88 Å². The summed E-state index contributed by atoms with van der Waals surface area (Å²) in [6.07, 6.45) is 2.34. The number of hydrogen-bond donors (Lipinski definition) is 0. The first-order valence-corrected chi connectivity index (χ1v) is 10.6. The number of halogens is 2. The van der Waals surface area contributed by atoms with Crippen LogP contribution in [0.5, 0.6) is 5.75 Å². The van der Waals surface area contributed by atoms with Crippen molar-refractivity contribution in [3.8, 4) is 5.75 Å². The number of aromatic nitrogens is 1. The van der Waals surface area contributed by atoms with Crippen molar-refractivity contribution in [3.05, 3.63) is 53.7 Å². The van der Waals surface area contributed by atoms with Crippen LogP contribution in [0.25, 0.3) is 0 Å². The van der Waals surface area contributed by atoms with Crippen LogP contribution in [0.1, 0.15) is 43.1 Å². The summed E-state index contributed by atoms with van der Waals surface area (Å²) < 4.78 is 35.6. The van der Waals surface area contributed by atoms with Crippen molar-refractivity contribution in [2.75, 3.05) is 24.5 Å². The molecule has 2 heterocycles. The number of pyridine rings is 1. The van der Waals surface area contributed by atoms with E-state index in [-0.39, 0.29) is 23.9 Å². The first-order valence-electron chi connectivity index (χ1n) is 10.6. The van der Waals surface area contributed by atoms with Crippen LogP contribution in [0.3, 0.4) is 0 Å². The van der Waals surface area contributed by atoms with E-state index in [1.54, 1.807) is 30.5 Å². The highest BCUT2D eigenvalue weighted by atomic mass is 19.3. The Morgan fingerprint density at radius 1 is 1.26 bits per heavy atom. The normalized spacial score (nSPS) is 16.4. The van der Waals surface area contributed by atoms with Crippen LogP contribution in [-0.2, 0) is 11.3 Å². The van der Waals surface area contributed by atoms with Gasteiger partial charge in [0.25, 0.3) is 0 Å². The summed E-state index contributed by atoms with van der Waals surface area (Å²) in [4.78, 5) is 21.3. The van der Waals surface area contributed by atoms with Crippen LogP contribution in [0.15, 0.2) is 42.6 Å². The van der Waals surface area contributed by atoms with E-state index in [1.807, 2.05) is 32.9 Å². The van der Waals surface area contributed by atoms with Gasteiger partial charge in [-0.2, -0.15) is 8.78 Å². The Balaban J connectivity index is 1.73. The number of nitrogens with zero attached hydrogens (tertiary/aromatic N) is 3. The summed E-state index contributed by atoms with van der Waals surface area (Å²) >= 11 is 0. The van der Waals surface area contributed by atoms with Crippen LogP contribution in [0.4, 0.5) is 14.6 Å². The van der Waals surface area contributed by atoms with E-state index < -0.39 is 6.61 Å². The second kappa shape index (κ2) is 10.5. The zero-order valence-corrected chi connectivity index (χ0v) is 18.1. The molecule has 2 aromatic rings. The Kier molecular flexibility index (Phi) is 7.79. The highest BCUT2D eigenvalue weighted by molar-refractivity contribution is 5.94. The van der Waals surface area contributed by atoms with Gasteiger partial charge in [0.15, 0.2) is 0 Å². The maximum atomic E-state index is 12.8. The lowest BCUT2D eigenvalue weighted by atomic mass is 10.1. The average molecular weight is 433 g/mol. The maximum absolute atomic E-state index is 12.8. The van der Waals surface area contributed by atoms with Gasteiger partial charge in [-0.05, 0) is 45.0 Å². The summed E-state index contributed by atoms with van der Waals surface area (Å²) in [7, 11) is 0. The fraction of sp³-hybridized carbons (Fsp3) is 0.478. The monoisotopic (exact) mass is 433 g/mol. The summed E-state index contributed by atoms with van der Waals surface area (Å²) in [5, 5.41) is 0. The number of alkyl halides is 2. The van der Waals surface area contributed by atoms with Gasteiger partial charge in [-0.15, -0.1) is 0 Å². The van der Waals surface area contributed by atoms with E-state index >= 15 is 0 Å². The molecule has 0 N–H and O–H groups in total. The molecule has 1 fully saturated rings. The molecule has 0 unspecified atom stereocenters. The minimum absolute atomic E-state index is 0.195. The van der Waals surface area contributed by atoms with Crippen molar-refractivity contribution >= 4 is 11.8 Å². The second-order valence-electron chi connectivity index (χ2n) is 7.77. The van der Waals surface area contributed by atoms with Crippen molar-refractivity contribution in [3.63, 3.8) is 0 Å². The lowest BCUT2D eigenvalue weighted by molar-refractivity contribution is -0.0508. The largest absolute Gasteiger partial charge is 0.459 e. The van der Waals surface area contributed by atoms with E-state index in [1.165, 1.54) is 0 Å². The fourth-order valence-electron chi connectivity index (χ4n) is 3.88. The smallest absolute Gasteiger partial charge is 0.387 e. The standard InChI is InChI=1S/C23H29F2N3O3/c1-4-27(14-17-8-5-6-10-20(17)31-23(24)25)18-11-13-28(15-18)21-19(9-7-12-26-21)22(29)30-16(2)3/h5-10,12,16,18,23H,4,11,13-15H2,1-3H3/t18-/m1/s1. The Labute approximate surface area is 181 Å². The first kappa shape index (κ1) is 22.9. The number of carbonyl (C=O) groups is 1. The van der Waals surface area contributed by atoms with Gasteiger partial charge < -0.3 is 14.4 Å². The molecule has 3 rings (SSSR count). The minimum atomic E-state index is -2.86. The van der Waals surface area contributed by atoms with Crippen molar-refractivity contribution < 1.29 is 23.0 Å². The van der Waals surface area contributed by atoms with Gasteiger partial charge in [0.1, 0.15) is 17.1 Å². The fourth-order valence-corrected chi connectivity index (χ4v) is 3.88. The number of anilines is 1. The number of ether oxygens (including phenoxy) is 2. The highest BCUT2D eigenvalue weighted by Gasteiger charge is 2.31.